The maximum atomic E-state index is 12.9. The van der Waals surface area contributed by atoms with Crippen molar-refractivity contribution in [3.8, 4) is 5.75 Å². The van der Waals surface area contributed by atoms with Gasteiger partial charge in [0.2, 0.25) is 11.8 Å². The maximum absolute atomic E-state index is 12.9. The zero-order valence-electron chi connectivity index (χ0n) is 22.0. The molecule has 5 rings (SSSR count). The monoisotopic (exact) mass is 519 g/mol. The van der Waals surface area contributed by atoms with Gasteiger partial charge >= 0.3 is 0 Å². The Balaban J connectivity index is 1.06. The highest BCUT2D eigenvalue weighted by molar-refractivity contribution is 6.05. The van der Waals surface area contributed by atoms with Gasteiger partial charge in [0.05, 0.1) is 6.61 Å². The van der Waals surface area contributed by atoms with Crippen LogP contribution in [0.4, 0.5) is 5.69 Å². The number of nitrogens with zero attached hydrogens (tertiary/aromatic N) is 3. The molecule has 3 heterocycles. The van der Waals surface area contributed by atoms with Gasteiger partial charge in [-0.1, -0.05) is 12.1 Å². The lowest BCUT2D eigenvalue weighted by Crippen LogP contribution is -2.52. The fraction of sp³-hybridized carbons (Fsp3) is 0.483. The van der Waals surface area contributed by atoms with E-state index in [0.717, 1.165) is 68.1 Å². The van der Waals surface area contributed by atoms with Gasteiger partial charge in [-0.25, -0.2) is 0 Å². The number of unbranched alkanes of at least 4 members (excludes halogenated alkanes) is 1. The number of hydrogen-bond acceptors (Lipinski definition) is 7. The van der Waals surface area contributed by atoms with E-state index in [1.807, 2.05) is 43.3 Å². The number of nitrogens with one attached hydrogen (secondary N) is 1. The summed E-state index contributed by atoms with van der Waals surface area (Å²) < 4.78 is 5.92. The minimum absolute atomic E-state index is 0.00374. The number of rotatable bonds is 9. The van der Waals surface area contributed by atoms with Crippen molar-refractivity contribution in [2.45, 2.75) is 51.2 Å². The van der Waals surface area contributed by atoms with Crippen LogP contribution in [0.2, 0.25) is 0 Å². The quantitative estimate of drug-likeness (QED) is 0.387. The SMILES string of the molecule is C[C@@H](N)c1cccc(OCCCCN2CCN(c3ccc4c(c3)CN(C3CCC(=O)NC3=O)C4=O)CC2)c1. The standard InChI is InChI=1S/C29H37N5O4/c1-20(30)21-5-4-6-24(18-21)38-16-3-2-11-32-12-14-33(15-13-32)23-7-8-25-22(17-23)19-34(29(25)37)26-9-10-27(35)31-28(26)36/h4-8,17-18,20,26H,2-3,9-16,19,30H2,1H3,(H,31,35,36)/t20-,26?/m1/s1. The lowest BCUT2D eigenvalue weighted by Gasteiger charge is -2.36. The van der Waals surface area contributed by atoms with E-state index in [1.165, 1.54) is 0 Å². The van der Waals surface area contributed by atoms with Crippen LogP contribution in [-0.4, -0.2) is 72.9 Å². The Kier molecular flexibility index (Phi) is 7.95. The lowest BCUT2D eigenvalue weighted by molar-refractivity contribution is -0.136. The highest BCUT2D eigenvalue weighted by Gasteiger charge is 2.39. The molecular weight excluding hydrogens is 482 g/mol. The van der Waals surface area contributed by atoms with E-state index in [4.69, 9.17) is 10.5 Å². The Morgan fingerprint density at radius 2 is 1.87 bits per heavy atom. The largest absolute Gasteiger partial charge is 0.494 e. The molecule has 9 nitrogen and oxygen atoms in total. The number of ether oxygens (including phenoxy) is 1. The molecule has 3 aliphatic rings. The van der Waals surface area contributed by atoms with E-state index >= 15 is 0 Å². The zero-order valence-corrected chi connectivity index (χ0v) is 22.0. The molecule has 0 saturated carbocycles. The summed E-state index contributed by atoms with van der Waals surface area (Å²) in [4.78, 5) is 43.2. The molecule has 0 aliphatic carbocycles. The molecule has 2 aromatic carbocycles. The molecular formula is C29H37N5O4. The molecule has 0 spiro atoms. The molecule has 0 radical (unpaired) electrons. The summed E-state index contributed by atoms with van der Waals surface area (Å²) in [7, 11) is 0. The predicted octanol–water partition coefficient (Wildman–Crippen LogP) is 2.45. The van der Waals surface area contributed by atoms with Crippen LogP contribution in [0.15, 0.2) is 42.5 Å². The fourth-order valence-electron chi connectivity index (χ4n) is 5.50. The van der Waals surface area contributed by atoms with E-state index in [-0.39, 0.29) is 30.2 Å². The first-order valence-electron chi connectivity index (χ1n) is 13.6. The van der Waals surface area contributed by atoms with Gasteiger partial charge < -0.3 is 20.3 Å². The van der Waals surface area contributed by atoms with Crippen molar-refractivity contribution in [1.29, 1.82) is 0 Å². The third-order valence-corrected chi connectivity index (χ3v) is 7.77. The van der Waals surface area contributed by atoms with Gasteiger partial charge in [-0.2, -0.15) is 0 Å². The lowest BCUT2D eigenvalue weighted by atomic mass is 10.0. The second kappa shape index (κ2) is 11.5. The number of nitrogens with two attached hydrogens (primary N) is 1. The molecule has 3 aliphatic heterocycles. The Morgan fingerprint density at radius 3 is 2.63 bits per heavy atom. The third kappa shape index (κ3) is 5.84. The minimum Gasteiger partial charge on any atom is -0.494 e. The number of benzene rings is 2. The average molecular weight is 520 g/mol. The number of anilines is 1. The number of hydrogen-bond donors (Lipinski definition) is 2. The van der Waals surface area contributed by atoms with Crippen LogP contribution in [0.1, 0.15) is 60.1 Å². The second-order valence-corrected chi connectivity index (χ2v) is 10.5. The van der Waals surface area contributed by atoms with Crippen LogP contribution in [0, 0.1) is 0 Å². The topological polar surface area (TPSA) is 108 Å². The van der Waals surface area contributed by atoms with Crippen LogP contribution >= 0.6 is 0 Å². The first-order valence-corrected chi connectivity index (χ1v) is 13.6. The van der Waals surface area contributed by atoms with Gasteiger partial charge in [0, 0.05) is 56.4 Å². The first-order chi connectivity index (χ1) is 18.4. The number of imide groups is 1. The smallest absolute Gasteiger partial charge is 0.255 e. The number of piperidine rings is 1. The molecule has 0 aromatic heterocycles. The van der Waals surface area contributed by atoms with Crippen LogP contribution < -0.4 is 20.7 Å². The highest BCUT2D eigenvalue weighted by Crippen LogP contribution is 2.31. The minimum atomic E-state index is -0.579. The summed E-state index contributed by atoms with van der Waals surface area (Å²) in [5, 5.41) is 2.36. The van der Waals surface area contributed by atoms with Crippen molar-refractivity contribution >= 4 is 23.4 Å². The number of piperazine rings is 1. The molecule has 0 bridgehead atoms. The predicted molar refractivity (Wildman–Crippen MR) is 145 cm³/mol. The van der Waals surface area contributed by atoms with E-state index in [1.54, 1.807) is 4.90 Å². The van der Waals surface area contributed by atoms with Crippen LogP contribution in [0.3, 0.4) is 0 Å². The average Bonchev–Trinajstić information content (AvgIpc) is 3.24. The summed E-state index contributed by atoms with van der Waals surface area (Å²) in [6.45, 7) is 8.00. The third-order valence-electron chi connectivity index (χ3n) is 7.77. The van der Waals surface area contributed by atoms with E-state index in [2.05, 4.69) is 21.2 Å². The maximum Gasteiger partial charge on any atom is 0.255 e. The number of carbonyl (C=O) groups excluding carboxylic acids is 3. The molecule has 2 fully saturated rings. The summed E-state index contributed by atoms with van der Waals surface area (Å²) in [6.07, 6.45) is 2.74. The molecule has 3 N–H and O–H groups in total. The summed E-state index contributed by atoms with van der Waals surface area (Å²) >= 11 is 0. The normalized spacial score (nSPS) is 20.9. The number of amides is 3. The Labute approximate surface area is 223 Å². The zero-order chi connectivity index (χ0) is 26.6. The number of fused-ring (bicyclic) bond motifs is 1. The molecule has 2 saturated heterocycles. The molecule has 2 aromatic rings. The van der Waals surface area contributed by atoms with E-state index in [0.29, 0.717) is 25.1 Å². The van der Waals surface area contributed by atoms with Crippen molar-refractivity contribution in [2.75, 3.05) is 44.2 Å². The van der Waals surface area contributed by atoms with Gasteiger partial charge in [0.25, 0.3) is 5.91 Å². The second-order valence-electron chi connectivity index (χ2n) is 10.5. The fourth-order valence-corrected chi connectivity index (χ4v) is 5.50. The van der Waals surface area contributed by atoms with Crippen molar-refractivity contribution in [2.24, 2.45) is 5.73 Å². The van der Waals surface area contributed by atoms with Gasteiger partial charge in [-0.15, -0.1) is 0 Å². The van der Waals surface area contributed by atoms with Crippen molar-refractivity contribution < 1.29 is 19.1 Å². The van der Waals surface area contributed by atoms with Crippen LogP contribution in [0.25, 0.3) is 0 Å². The van der Waals surface area contributed by atoms with Gasteiger partial charge in [0.15, 0.2) is 0 Å². The highest BCUT2D eigenvalue weighted by atomic mass is 16.5. The van der Waals surface area contributed by atoms with E-state index < -0.39 is 6.04 Å². The van der Waals surface area contributed by atoms with E-state index in [9.17, 15) is 14.4 Å². The van der Waals surface area contributed by atoms with Gasteiger partial charge in [-0.05, 0) is 74.2 Å². The van der Waals surface area contributed by atoms with Crippen molar-refractivity contribution in [1.82, 2.24) is 15.1 Å². The van der Waals surface area contributed by atoms with Crippen LogP contribution in [0.5, 0.6) is 5.75 Å². The van der Waals surface area contributed by atoms with Crippen LogP contribution in [-0.2, 0) is 16.1 Å². The van der Waals surface area contributed by atoms with Gasteiger partial charge in [-0.3, -0.25) is 24.6 Å². The Bertz CT molecular complexity index is 1190. The Hall–Kier alpha value is -3.43. The first kappa shape index (κ1) is 26.2. The number of carbonyl (C=O) groups is 3. The molecule has 2 atom stereocenters. The Morgan fingerprint density at radius 1 is 1.05 bits per heavy atom. The molecule has 9 heteroatoms. The van der Waals surface area contributed by atoms with Crippen molar-refractivity contribution in [3.63, 3.8) is 0 Å². The summed E-state index contributed by atoms with van der Waals surface area (Å²) in [6, 6.07) is 13.4. The summed E-state index contributed by atoms with van der Waals surface area (Å²) in [5.74, 6) is 0.107. The van der Waals surface area contributed by atoms with Gasteiger partial charge in [0.1, 0.15) is 11.8 Å². The molecule has 38 heavy (non-hydrogen) atoms. The molecule has 202 valence electrons. The summed E-state index contributed by atoms with van der Waals surface area (Å²) in [5.41, 5.74) is 9.76. The molecule has 3 amide bonds. The molecule has 1 unspecified atom stereocenters. The van der Waals surface area contributed by atoms with Crippen molar-refractivity contribution in [3.05, 3.63) is 59.2 Å².